The Balaban J connectivity index is 1.65. The number of nitrogens with one attached hydrogen (secondary N) is 3. The van der Waals surface area contributed by atoms with Crippen molar-refractivity contribution in [3.05, 3.63) is 78.9 Å². The van der Waals surface area contributed by atoms with Crippen LogP contribution in [0.2, 0.25) is 0 Å². The van der Waals surface area contributed by atoms with E-state index in [9.17, 15) is 0 Å². The lowest BCUT2D eigenvalue weighted by atomic mass is 10.3. The third-order valence-electron chi connectivity index (χ3n) is 4.32. The Morgan fingerprint density at radius 2 is 0.935 bits per heavy atom. The van der Waals surface area contributed by atoms with Crippen molar-refractivity contribution < 1.29 is 9.47 Å². The molecule has 0 aliphatic carbocycles. The molecule has 8 nitrogen and oxygen atoms in total. The van der Waals surface area contributed by atoms with Gasteiger partial charge in [-0.15, -0.1) is 0 Å². The second-order valence-corrected chi connectivity index (χ2v) is 6.51. The van der Waals surface area contributed by atoms with Crippen LogP contribution in [0.5, 0.6) is 11.5 Å². The molecular formula is C23H22N6O2. The molecule has 1 aromatic heterocycles. The highest BCUT2D eigenvalue weighted by molar-refractivity contribution is 5.63. The molecule has 0 fully saturated rings. The van der Waals surface area contributed by atoms with Gasteiger partial charge in [0.25, 0.3) is 0 Å². The first-order valence-corrected chi connectivity index (χ1v) is 9.62. The van der Waals surface area contributed by atoms with Crippen LogP contribution in [0.4, 0.5) is 34.9 Å². The lowest BCUT2D eigenvalue weighted by Gasteiger charge is -2.12. The summed E-state index contributed by atoms with van der Waals surface area (Å²) in [6.07, 6.45) is 0. The molecule has 1 heterocycles. The highest BCUT2D eigenvalue weighted by Gasteiger charge is 2.09. The van der Waals surface area contributed by atoms with Gasteiger partial charge < -0.3 is 25.4 Å². The number of hydrogen-bond donors (Lipinski definition) is 3. The zero-order valence-electron chi connectivity index (χ0n) is 17.2. The fourth-order valence-electron chi connectivity index (χ4n) is 2.85. The van der Waals surface area contributed by atoms with Crippen molar-refractivity contribution >= 4 is 34.9 Å². The lowest BCUT2D eigenvalue weighted by molar-refractivity contribution is 0.415. The van der Waals surface area contributed by atoms with E-state index in [0.717, 1.165) is 28.6 Å². The Morgan fingerprint density at radius 3 is 1.39 bits per heavy atom. The average Bonchev–Trinajstić information content (AvgIpc) is 2.80. The van der Waals surface area contributed by atoms with Crippen molar-refractivity contribution in [2.24, 2.45) is 0 Å². The first-order chi connectivity index (χ1) is 15.2. The summed E-state index contributed by atoms with van der Waals surface area (Å²) in [5, 5.41) is 9.62. The summed E-state index contributed by atoms with van der Waals surface area (Å²) in [5.74, 6) is 2.63. The van der Waals surface area contributed by atoms with Gasteiger partial charge in [0, 0.05) is 29.2 Å². The molecule has 0 unspecified atom stereocenters. The van der Waals surface area contributed by atoms with Crippen LogP contribution in [0, 0.1) is 0 Å². The Labute approximate surface area is 180 Å². The average molecular weight is 414 g/mol. The molecule has 31 heavy (non-hydrogen) atoms. The molecule has 3 N–H and O–H groups in total. The molecule has 0 aliphatic heterocycles. The number of para-hydroxylation sites is 1. The molecule has 4 rings (SSSR count). The summed E-state index contributed by atoms with van der Waals surface area (Å²) < 4.78 is 10.6. The molecular weight excluding hydrogens is 392 g/mol. The highest BCUT2D eigenvalue weighted by Crippen LogP contribution is 2.24. The zero-order valence-corrected chi connectivity index (χ0v) is 17.2. The van der Waals surface area contributed by atoms with Crippen LogP contribution in [-0.2, 0) is 0 Å². The third-order valence-corrected chi connectivity index (χ3v) is 4.32. The standard InChI is InChI=1S/C23H22N6O2/c1-30-19-12-6-10-17(14-19)25-22-27-21(24-16-8-4-3-5-9-16)28-23(29-22)26-18-11-7-13-20(15-18)31-2/h3-15H,1-2H3,(H3,24,25,26,27,28,29). The first-order valence-electron chi connectivity index (χ1n) is 9.62. The van der Waals surface area contributed by atoms with Crippen LogP contribution in [0.15, 0.2) is 78.9 Å². The van der Waals surface area contributed by atoms with Gasteiger partial charge in [0.15, 0.2) is 0 Å². The third kappa shape index (κ3) is 5.39. The molecule has 3 aromatic carbocycles. The van der Waals surface area contributed by atoms with Crippen LogP contribution >= 0.6 is 0 Å². The van der Waals surface area contributed by atoms with Crippen LogP contribution in [0.3, 0.4) is 0 Å². The maximum atomic E-state index is 5.29. The summed E-state index contributed by atoms with van der Waals surface area (Å²) in [5.41, 5.74) is 2.46. The SMILES string of the molecule is COc1cccc(Nc2nc(Nc3ccccc3)nc(Nc3cccc(OC)c3)n2)c1. The van der Waals surface area contributed by atoms with Gasteiger partial charge in [0.2, 0.25) is 17.8 Å². The van der Waals surface area contributed by atoms with Crippen molar-refractivity contribution in [2.75, 3.05) is 30.2 Å². The van der Waals surface area contributed by atoms with Crippen molar-refractivity contribution in [3.8, 4) is 11.5 Å². The van der Waals surface area contributed by atoms with E-state index in [-0.39, 0.29) is 0 Å². The number of aromatic nitrogens is 3. The van der Waals surface area contributed by atoms with Crippen LogP contribution in [0.25, 0.3) is 0 Å². The maximum Gasteiger partial charge on any atom is 0.233 e. The molecule has 4 aromatic rings. The molecule has 0 saturated carbocycles. The number of hydrogen-bond acceptors (Lipinski definition) is 8. The van der Waals surface area contributed by atoms with E-state index >= 15 is 0 Å². The minimum absolute atomic E-state index is 0.382. The van der Waals surface area contributed by atoms with E-state index in [2.05, 4.69) is 30.9 Å². The van der Waals surface area contributed by atoms with Crippen LogP contribution in [0.1, 0.15) is 0 Å². The highest BCUT2D eigenvalue weighted by atomic mass is 16.5. The van der Waals surface area contributed by atoms with Crippen molar-refractivity contribution in [1.29, 1.82) is 0 Å². The molecule has 156 valence electrons. The minimum Gasteiger partial charge on any atom is -0.497 e. The number of ether oxygens (including phenoxy) is 2. The smallest absolute Gasteiger partial charge is 0.233 e. The van der Waals surface area contributed by atoms with Gasteiger partial charge in [0.05, 0.1) is 14.2 Å². The molecule has 0 aliphatic rings. The second kappa shape index (κ2) is 9.45. The number of rotatable bonds is 8. The predicted molar refractivity (Wildman–Crippen MR) is 122 cm³/mol. The fraction of sp³-hybridized carbons (Fsp3) is 0.0870. The van der Waals surface area contributed by atoms with Gasteiger partial charge in [0.1, 0.15) is 11.5 Å². The number of nitrogens with zero attached hydrogens (tertiary/aromatic N) is 3. The summed E-state index contributed by atoms with van der Waals surface area (Å²) in [6.45, 7) is 0. The normalized spacial score (nSPS) is 10.3. The van der Waals surface area contributed by atoms with Gasteiger partial charge in [-0.2, -0.15) is 15.0 Å². The Hall–Kier alpha value is -4.33. The van der Waals surface area contributed by atoms with Crippen molar-refractivity contribution in [2.45, 2.75) is 0 Å². The molecule has 0 amide bonds. The van der Waals surface area contributed by atoms with E-state index in [0.29, 0.717) is 17.8 Å². The number of methoxy groups -OCH3 is 2. The fourth-order valence-corrected chi connectivity index (χ4v) is 2.85. The minimum atomic E-state index is 0.382. The first kappa shape index (κ1) is 20.0. The van der Waals surface area contributed by atoms with Gasteiger partial charge in [-0.05, 0) is 36.4 Å². The van der Waals surface area contributed by atoms with E-state index in [1.165, 1.54) is 0 Å². The van der Waals surface area contributed by atoms with Gasteiger partial charge in [-0.3, -0.25) is 0 Å². The van der Waals surface area contributed by atoms with Crippen LogP contribution in [-0.4, -0.2) is 29.2 Å². The summed E-state index contributed by atoms with van der Waals surface area (Å²) in [4.78, 5) is 13.5. The lowest BCUT2D eigenvalue weighted by Crippen LogP contribution is -2.07. The van der Waals surface area contributed by atoms with E-state index in [1.807, 2.05) is 78.9 Å². The number of benzene rings is 3. The van der Waals surface area contributed by atoms with Crippen LogP contribution < -0.4 is 25.4 Å². The summed E-state index contributed by atoms with van der Waals surface area (Å²) in [7, 11) is 3.25. The Kier molecular flexibility index (Phi) is 6.08. The monoisotopic (exact) mass is 414 g/mol. The van der Waals surface area contributed by atoms with Gasteiger partial charge in [-0.25, -0.2) is 0 Å². The maximum absolute atomic E-state index is 5.29. The van der Waals surface area contributed by atoms with Crippen molar-refractivity contribution in [1.82, 2.24) is 15.0 Å². The molecule has 0 radical (unpaired) electrons. The molecule has 8 heteroatoms. The quantitative estimate of drug-likeness (QED) is 0.366. The zero-order chi connectivity index (χ0) is 21.5. The summed E-state index contributed by atoms with van der Waals surface area (Å²) >= 11 is 0. The summed E-state index contributed by atoms with van der Waals surface area (Å²) in [6, 6.07) is 24.8. The molecule has 0 saturated heterocycles. The topological polar surface area (TPSA) is 93.2 Å². The van der Waals surface area contributed by atoms with Gasteiger partial charge >= 0.3 is 0 Å². The second-order valence-electron chi connectivity index (χ2n) is 6.51. The Morgan fingerprint density at radius 1 is 0.516 bits per heavy atom. The molecule has 0 spiro atoms. The van der Waals surface area contributed by atoms with E-state index in [4.69, 9.17) is 9.47 Å². The predicted octanol–water partition coefficient (Wildman–Crippen LogP) is 5.12. The molecule has 0 atom stereocenters. The van der Waals surface area contributed by atoms with Gasteiger partial charge in [-0.1, -0.05) is 30.3 Å². The molecule has 0 bridgehead atoms. The number of anilines is 6. The largest absolute Gasteiger partial charge is 0.497 e. The van der Waals surface area contributed by atoms with E-state index < -0.39 is 0 Å². The Bertz CT molecular complexity index is 1090. The van der Waals surface area contributed by atoms with Crippen molar-refractivity contribution in [3.63, 3.8) is 0 Å². The van der Waals surface area contributed by atoms with E-state index in [1.54, 1.807) is 14.2 Å².